The summed E-state index contributed by atoms with van der Waals surface area (Å²) in [7, 11) is 0. The Morgan fingerprint density at radius 2 is 2.00 bits per heavy atom. The third-order valence-corrected chi connectivity index (χ3v) is 3.06. The number of carbonyl (C=O) groups is 1. The van der Waals surface area contributed by atoms with E-state index in [1.807, 2.05) is 12.1 Å². The second kappa shape index (κ2) is 6.47. The van der Waals surface area contributed by atoms with Crippen molar-refractivity contribution in [2.24, 2.45) is 0 Å². The second-order valence-corrected chi connectivity index (χ2v) is 4.50. The van der Waals surface area contributed by atoms with Gasteiger partial charge >= 0.3 is 0 Å². The molecule has 1 amide bonds. The average molecular weight is 294 g/mol. The summed E-state index contributed by atoms with van der Waals surface area (Å²) >= 11 is 0. The quantitative estimate of drug-likeness (QED) is 0.941. The van der Waals surface area contributed by atoms with Crippen LogP contribution >= 0.6 is 0 Å². The number of pyridine rings is 1. The summed E-state index contributed by atoms with van der Waals surface area (Å²) in [6.45, 7) is 1.61. The van der Waals surface area contributed by atoms with Crippen molar-refractivity contribution in [3.63, 3.8) is 0 Å². The first-order chi connectivity index (χ1) is 10.6. The number of hydrogen-bond donors (Lipinski definition) is 1. The number of aryl methyl sites for hydroxylation is 1. The number of nitrogens with one attached hydrogen (secondary N) is 1. The number of benzene rings is 1. The van der Waals surface area contributed by atoms with Gasteiger partial charge in [0.25, 0.3) is 5.91 Å². The molecule has 0 bridgehead atoms. The van der Waals surface area contributed by atoms with Crippen LogP contribution in [0, 0.1) is 35.4 Å². The number of aromatic nitrogens is 1. The normalized spacial score (nSPS) is 11.1. The van der Waals surface area contributed by atoms with E-state index >= 15 is 0 Å². The summed E-state index contributed by atoms with van der Waals surface area (Å²) in [6.07, 6.45) is 0. The predicted molar refractivity (Wildman–Crippen MR) is 75.9 cm³/mol. The molecule has 1 aromatic carbocycles. The topological polar surface area (TPSA) is 89.6 Å². The van der Waals surface area contributed by atoms with Crippen molar-refractivity contribution in [1.82, 2.24) is 10.3 Å². The van der Waals surface area contributed by atoms with Gasteiger partial charge in [-0.2, -0.15) is 10.5 Å². The first-order valence-electron chi connectivity index (χ1n) is 6.39. The van der Waals surface area contributed by atoms with Crippen LogP contribution < -0.4 is 5.32 Å². The minimum Gasteiger partial charge on any atom is -0.331 e. The highest BCUT2D eigenvalue weighted by Gasteiger charge is 2.19. The fourth-order valence-electron chi connectivity index (χ4n) is 1.90. The van der Waals surface area contributed by atoms with Crippen LogP contribution in [-0.2, 0) is 0 Å². The van der Waals surface area contributed by atoms with Crippen molar-refractivity contribution in [3.05, 3.63) is 64.7 Å². The predicted octanol–water partition coefficient (Wildman–Crippen LogP) is 2.40. The molecular weight excluding hydrogens is 283 g/mol. The SMILES string of the molecule is Cc1nc(C(=O)NC(C#N)c2ccccc2F)ccc1C#N. The number of carbonyl (C=O) groups excluding carboxylic acids is 1. The van der Waals surface area contributed by atoms with Crippen LogP contribution in [0.4, 0.5) is 4.39 Å². The summed E-state index contributed by atoms with van der Waals surface area (Å²) in [6, 6.07) is 11.3. The van der Waals surface area contributed by atoms with Crippen molar-refractivity contribution in [1.29, 1.82) is 10.5 Å². The number of amides is 1. The molecule has 5 nitrogen and oxygen atoms in total. The van der Waals surface area contributed by atoms with Gasteiger partial charge in [0.05, 0.1) is 17.3 Å². The zero-order chi connectivity index (χ0) is 16.1. The molecule has 0 aliphatic heterocycles. The van der Waals surface area contributed by atoms with Crippen LogP contribution in [0.5, 0.6) is 0 Å². The minimum absolute atomic E-state index is 0.0630. The van der Waals surface area contributed by atoms with Gasteiger partial charge in [-0.15, -0.1) is 0 Å². The van der Waals surface area contributed by atoms with Crippen molar-refractivity contribution in [2.45, 2.75) is 13.0 Å². The van der Waals surface area contributed by atoms with Gasteiger partial charge in [0.2, 0.25) is 0 Å². The van der Waals surface area contributed by atoms with Crippen LogP contribution in [0.1, 0.15) is 33.4 Å². The van der Waals surface area contributed by atoms with Crippen LogP contribution in [0.2, 0.25) is 0 Å². The van der Waals surface area contributed by atoms with E-state index in [2.05, 4.69) is 10.3 Å². The Morgan fingerprint density at radius 3 is 2.59 bits per heavy atom. The van der Waals surface area contributed by atoms with Crippen LogP contribution in [-0.4, -0.2) is 10.9 Å². The Hall–Kier alpha value is -3.25. The number of rotatable bonds is 3. The van der Waals surface area contributed by atoms with Gasteiger partial charge in [0.1, 0.15) is 23.6 Å². The molecule has 1 N–H and O–H groups in total. The van der Waals surface area contributed by atoms with Crippen LogP contribution in [0.15, 0.2) is 36.4 Å². The molecule has 108 valence electrons. The standard InChI is InChI=1S/C16H11FN4O/c1-10-11(8-18)6-7-14(20-10)16(22)21-15(9-19)12-4-2-3-5-13(12)17/h2-7,15H,1H3,(H,21,22). The van der Waals surface area contributed by atoms with Gasteiger partial charge < -0.3 is 5.32 Å². The van der Waals surface area contributed by atoms with Gasteiger partial charge in [0.15, 0.2) is 0 Å². The Kier molecular flexibility index (Phi) is 4.45. The maximum absolute atomic E-state index is 13.7. The average Bonchev–Trinajstić information content (AvgIpc) is 2.53. The molecule has 22 heavy (non-hydrogen) atoms. The third kappa shape index (κ3) is 3.08. The maximum atomic E-state index is 13.7. The van der Waals surface area contributed by atoms with E-state index in [0.29, 0.717) is 11.3 Å². The molecule has 0 saturated carbocycles. The van der Waals surface area contributed by atoms with Crippen molar-refractivity contribution in [2.75, 3.05) is 0 Å². The van der Waals surface area contributed by atoms with Gasteiger partial charge in [-0.05, 0) is 25.1 Å². The van der Waals surface area contributed by atoms with Crippen molar-refractivity contribution in [3.8, 4) is 12.1 Å². The highest BCUT2D eigenvalue weighted by molar-refractivity contribution is 5.92. The van der Waals surface area contributed by atoms with Crippen molar-refractivity contribution < 1.29 is 9.18 Å². The van der Waals surface area contributed by atoms with Gasteiger partial charge in [-0.25, -0.2) is 9.37 Å². The Labute approximate surface area is 126 Å². The number of nitrogens with zero attached hydrogens (tertiary/aromatic N) is 3. The lowest BCUT2D eigenvalue weighted by molar-refractivity contribution is 0.0939. The first-order valence-corrected chi connectivity index (χ1v) is 6.39. The van der Waals surface area contributed by atoms with E-state index < -0.39 is 17.8 Å². The molecule has 0 aliphatic carbocycles. The molecule has 0 fully saturated rings. The first kappa shape index (κ1) is 15.1. The molecule has 0 saturated heterocycles. The molecule has 6 heteroatoms. The molecule has 0 spiro atoms. The smallest absolute Gasteiger partial charge is 0.271 e. The fraction of sp³-hybridized carbons (Fsp3) is 0.125. The molecule has 2 rings (SSSR count). The van der Waals surface area contributed by atoms with E-state index in [9.17, 15) is 9.18 Å². The van der Waals surface area contributed by atoms with Crippen LogP contribution in [0.25, 0.3) is 0 Å². The zero-order valence-electron chi connectivity index (χ0n) is 11.7. The Morgan fingerprint density at radius 1 is 1.27 bits per heavy atom. The molecule has 0 aliphatic rings. The highest BCUT2D eigenvalue weighted by Crippen LogP contribution is 2.16. The lowest BCUT2D eigenvalue weighted by Crippen LogP contribution is -2.29. The summed E-state index contributed by atoms with van der Waals surface area (Å²) in [4.78, 5) is 16.1. The van der Waals surface area contributed by atoms with E-state index in [1.54, 1.807) is 13.0 Å². The molecular formula is C16H11FN4O. The number of hydrogen-bond acceptors (Lipinski definition) is 4. The third-order valence-electron chi connectivity index (χ3n) is 3.06. The Bertz CT molecular complexity index is 805. The number of halogens is 1. The Balaban J connectivity index is 2.24. The zero-order valence-corrected chi connectivity index (χ0v) is 11.7. The monoisotopic (exact) mass is 294 g/mol. The molecule has 2 aromatic rings. The lowest BCUT2D eigenvalue weighted by atomic mass is 10.1. The van der Waals surface area contributed by atoms with E-state index in [4.69, 9.17) is 10.5 Å². The molecule has 1 atom stereocenters. The lowest BCUT2D eigenvalue weighted by Gasteiger charge is -2.12. The summed E-state index contributed by atoms with van der Waals surface area (Å²) in [5.74, 6) is -1.18. The van der Waals surface area contributed by atoms with Crippen molar-refractivity contribution >= 4 is 5.91 Å². The summed E-state index contributed by atoms with van der Waals surface area (Å²) in [5, 5.41) is 20.4. The summed E-state index contributed by atoms with van der Waals surface area (Å²) < 4.78 is 13.7. The minimum atomic E-state index is -1.12. The van der Waals surface area contributed by atoms with Gasteiger partial charge in [-0.1, -0.05) is 18.2 Å². The number of nitriles is 2. The highest BCUT2D eigenvalue weighted by atomic mass is 19.1. The van der Waals surface area contributed by atoms with E-state index in [-0.39, 0.29) is 11.3 Å². The van der Waals surface area contributed by atoms with Gasteiger partial charge in [-0.3, -0.25) is 4.79 Å². The molecule has 0 radical (unpaired) electrons. The fourth-order valence-corrected chi connectivity index (χ4v) is 1.90. The summed E-state index contributed by atoms with van der Waals surface area (Å²) in [5.41, 5.74) is 0.925. The van der Waals surface area contributed by atoms with Gasteiger partial charge in [0, 0.05) is 5.56 Å². The second-order valence-electron chi connectivity index (χ2n) is 4.50. The molecule has 1 unspecified atom stereocenters. The van der Waals surface area contributed by atoms with E-state index in [0.717, 1.165) is 0 Å². The molecule has 1 aromatic heterocycles. The largest absolute Gasteiger partial charge is 0.331 e. The maximum Gasteiger partial charge on any atom is 0.271 e. The van der Waals surface area contributed by atoms with Crippen LogP contribution in [0.3, 0.4) is 0 Å². The van der Waals surface area contributed by atoms with E-state index in [1.165, 1.54) is 30.3 Å². The molecule has 1 heterocycles.